The highest BCUT2D eigenvalue weighted by Gasteiger charge is 2.09. The lowest BCUT2D eigenvalue weighted by molar-refractivity contribution is -0.121. The van der Waals surface area contributed by atoms with E-state index in [0.717, 1.165) is 5.56 Å². The molecule has 5 heteroatoms. The molecule has 1 amide bonds. The first-order valence-corrected chi connectivity index (χ1v) is 5.91. The molecule has 0 aliphatic heterocycles. The van der Waals surface area contributed by atoms with Crippen LogP contribution in [0.25, 0.3) is 0 Å². The summed E-state index contributed by atoms with van der Waals surface area (Å²) in [4.78, 5) is 11.6. The molecule has 98 valence electrons. The lowest BCUT2D eigenvalue weighted by atomic mass is 10.1. The van der Waals surface area contributed by atoms with Crippen molar-refractivity contribution in [1.29, 1.82) is 0 Å². The van der Waals surface area contributed by atoms with Gasteiger partial charge in [-0.05, 0) is 12.0 Å². The highest BCUT2D eigenvalue weighted by Crippen LogP contribution is 2.02. The number of oxime groups is 1. The molecule has 5 nitrogen and oxygen atoms in total. The maximum atomic E-state index is 11.6. The van der Waals surface area contributed by atoms with Gasteiger partial charge in [0, 0.05) is 18.9 Å². The number of aryl methyl sites for hydroxylation is 1. The maximum Gasteiger partial charge on any atom is 0.220 e. The van der Waals surface area contributed by atoms with Gasteiger partial charge in [0.2, 0.25) is 5.91 Å². The summed E-state index contributed by atoms with van der Waals surface area (Å²) >= 11 is 0. The van der Waals surface area contributed by atoms with E-state index in [0.29, 0.717) is 19.4 Å². The van der Waals surface area contributed by atoms with E-state index < -0.39 is 0 Å². The van der Waals surface area contributed by atoms with E-state index in [-0.39, 0.29) is 17.7 Å². The van der Waals surface area contributed by atoms with Gasteiger partial charge in [0.15, 0.2) is 0 Å². The van der Waals surface area contributed by atoms with E-state index in [1.54, 1.807) is 6.92 Å². The van der Waals surface area contributed by atoms with Crippen LogP contribution >= 0.6 is 0 Å². The van der Waals surface area contributed by atoms with Gasteiger partial charge in [0.1, 0.15) is 5.84 Å². The van der Waals surface area contributed by atoms with Crippen molar-refractivity contribution in [3.63, 3.8) is 0 Å². The molecule has 0 aliphatic rings. The van der Waals surface area contributed by atoms with Gasteiger partial charge in [0.25, 0.3) is 0 Å². The zero-order valence-electron chi connectivity index (χ0n) is 10.5. The van der Waals surface area contributed by atoms with Crippen LogP contribution < -0.4 is 11.1 Å². The normalized spacial score (nSPS) is 13.1. The number of nitrogens with zero attached hydrogens (tertiary/aromatic N) is 1. The molecule has 0 heterocycles. The van der Waals surface area contributed by atoms with Crippen LogP contribution in [0.3, 0.4) is 0 Å². The van der Waals surface area contributed by atoms with Gasteiger partial charge in [-0.3, -0.25) is 4.79 Å². The van der Waals surface area contributed by atoms with Crippen molar-refractivity contribution in [2.75, 3.05) is 6.54 Å². The Kier molecular flexibility index (Phi) is 5.70. The second kappa shape index (κ2) is 7.32. The van der Waals surface area contributed by atoms with Gasteiger partial charge in [-0.25, -0.2) is 0 Å². The minimum Gasteiger partial charge on any atom is -0.409 e. The first-order chi connectivity index (χ1) is 8.63. The quantitative estimate of drug-likeness (QED) is 0.305. The molecule has 1 unspecified atom stereocenters. The van der Waals surface area contributed by atoms with Crippen molar-refractivity contribution in [2.45, 2.75) is 19.8 Å². The second-order valence-electron chi connectivity index (χ2n) is 4.22. The smallest absolute Gasteiger partial charge is 0.220 e. The maximum absolute atomic E-state index is 11.6. The van der Waals surface area contributed by atoms with E-state index in [9.17, 15) is 4.79 Å². The van der Waals surface area contributed by atoms with Crippen molar-refractivity contribution < 1.29 is 10.0 Å². The fraction of sp³-hybridized carbons (Fsp3) is 0.385. The third kappa shape index (κ3) is 4.86. The van der Waals surface area contributed by atoms with Crippen molar-refractivity contribution in [3.05, 3.63) is 35.9 Å². The molecular weight excluding hydrogens is 230 g/mol. The van der Waals surface area contributed by atoms with Crippen LogP contribution in [0.4, 0.5) is 0 Å². The summed E-state index contributed by atoms with van der Waals surface area (Å²) in [5.41, 5.74) is 6.55. The first-order valence-electron chi connectivity index (χ1n) is 5.91. The Labute approximate surface area is 107 Å². The Balaban J connectivity index is 2.26. The molecule has 0 spiro atoms. The van der Waals surface area contributed by atoms with Crippen LogP contribution in [0.2, 0.25) is 0 Å². The summed E-state index contributed by atoms with van der Waals surface area (Å²) in [7, 11) is 0. The number of benzene rings is 1. The van der Waals surface area contributed by atoms with Crippen molar-refractivity contribution in [2.24, 2.45) is 16.8 Å². The molecule has 0 bridgehead atoms. The minimum absolute atomic E-state index is 0.0311. The molecule has 1 aromatic carbocycles. The predicted molar refractivity (Wildman–Crippen MR) is 70.3 cm³/mol. The number of rotatable bonds is 6. The molecule has 0 aliphatic carbocycles. The number of amidine groups is 1. The van der Waals surface area contributed by atoms with Gasteiger partial charge < -0.3 is 16.3 Å². The zero-order chi connectivity index (χ0) is 13.4. The second-order valence-corrected chi connectivity index (χ2v) is 4.22. The minimum atomic E-state index is -0.171. The van der Waals surface area contributed by atoms with Gasteiger partial charge in [-0.1, -0.05) is 42.4 Å². The molecule has 0 aromatic heterocycles. The summed E-state index contributed by atoms with van der Waals surface area (Å²) in [6, 6.07) is 9.84. The van der Waals surface area contributed by atoms with Crippen molar-refractivity contribution >= 4 is 11.7 Å². The Bertz CT molecular complexity index is 404. The number of hydrogen-bond donors (Lipinski definition) is 3. The Hall–Kier alpha value is -2.04. The number of hydrogen-bond acceptors (Lipinski definition) is 3. The van der Waals surface area contributed by atoms with E-state index >= 15 is 0 Å². The van der Waals surface area contributed by atoms with Gasteiger partial charge in [0.05, 0.1) is 0 Å². The van der Waals surface area contributed by atoms with Crippen molar-refractivity contribution in [3.8, 4) is 0 Å². The van der Waals surface area contributed by atoms with E-state index in [1.807, 2.05) is 30.3 Å². The number of nitrogens with two attached hydrogens (primary N) is 1. The topological polar surface area (TPSA) is 87.7 Å². The molecular formula is C13H19N3O2. The van der Waals surface area contributed by atoms with Crippen LogP contribution in [-0.2, 0) is 11.2 Å². The zero-order valence-corrected chi connectivity index (χ0v) is 10.5. The molecule has 0 saturated heterocycles. The predicted octanol–water partition coefficient (Wildman–Crippen LogP) is 1.12. The molecule has 0 fully saturated rings. The van der Waals surface area contributed by atoms with Crippen LogP contribution in [-0.4, -0.2) is 23.5 Å². The van der Waals surface area contributed by atoms with Crippen LogP contribution in [0.15, 0.2) is 35.5 Å². The lowest BCUT2D eigenvalue weighted by Gasteiger charge is -2.10. The standard InChI is InChI=1S/C13H19N3O2/c1-10(13(14)16-18)9-15-12(17)8-7-11-5-3-2-4-6-11/h2-6,10,18H,7-9H2,1H3,(H2,14,16)(H,15,17). The largest absolute Gasteiger partial charge is 0.409 e. The lowest BCUT2D eigenvalue weighted by Crippen LogP contribution is -2.34. The third-order valence-corrected chi connectivity index (χ3v) is 2.71. The van der Waals surface area contributed by atoms with E-state index in [1.165, 1.54) is 0 Å². The summed E-state index contributed by atoms with van der Waals surface area (Å²) in [6.07, 6.45) is 1.15. The molecule has 0 radical (unpaired) electrons. The average Bonchev–Trinajstić information content (AvgIpc) is 2.42. The first kappa shape index (κ1) is 14.0. The molecule has 18 heavy (non-hydrogen) atoms. The summed E-state index contributed by atoms with van der Waals surface area (Å²) in [5.74, 6) is -0.0783. The summed E-state index contributed by atoms with van der Waals surface area (Å²) in [5, 5.41) is 14.1. The number of carbonyl (C=O) groups is 1. The fourth-order valence-electron chi connectivity index (χ4n) is 1.46. The Morgan fingerprint density at radius 2 is 2.11 bits per heavy atom. The van der Waals surface area contributed by atoms with Crippen LogP contribution in [0.5, 0.6) is 0 Å². The monoisotopic (exact) mass is 249 g/mol. The Morgan fingerprint density at radius 1 is 1.44 bits per heavy atom. The molecule has 1 aromatic rings. The molecule has 4 N–H and O–H groups in total. The van der Waals surface area contributed by atoms with Crippen molar-refractivity contribution in [1.82, 2.24) is 5.32 Å². The van der Waals surface area contributed by atoms with Gasteiger partial charge in [-0.2, -0.15) is 0 Å². The van der Waals surface area contributed by atoms with Gasteiger partial charge >= 0.3 is 0 Å². The molecule has 1 rings (SSSR count). The van der Waals surface area contributed by atoms with Crippen LogP contribution in [0, 0.1) is 5.92 Å². The molecule has 0 saturated carbocycles. The fourth-order valence-corrected chi connectivity index (χ4v) is 1.46. The SMILES string of the molecule is CC(CNC(=O)CCc1ccccc1)/C(N)=N/O. The Morgan fingerprint density at radius 3 is 2.72 bits per heavy atom. The highest BCUT2D eigenvalue weighted by atomic mass is 16.4. The average molecular weight is 249 g/mol. The van der Waals surface area contributed by atoms with Gasteiger partial charge in [-0.15, -0.1) is 0 Å². The molecule has 1 atom stereocenters. The number of amides is 1. The van der Waals surface area contributed by atoms with E-state index in [4.69, 9.17) is 10.9 Å². The number of carbonyl (C=O) groups excluding carboxylic acids is 1. The number of nitrogens with one attached hydrogen (secondary N) is 1. The summed E-state index contributed by atoms with van der Waals surface area (Å²) in [6.45, 7) is 2.16. The highest BCUT2D eigenvalue weighted by molar-refractivity contribution is 5.83. The van der Waals surface area contributed by atoms with E-state index in [2.05, 4.69) is 10.5 Å². The third-order valence-electron chi connectivity index (χ3n) is 2.71. The summed E-state index contributed by atoms with van der Waals surface area (Å²) < 4.78 is 0. The van der Waals surface area contributed by atoms with Crippen LogP contribution in [0.1, 0.15) is 18.9 Å².